The Labute approximate surface area is 253 Å². The van der Waals surface area contributed by atoms with Gasteiger partial charge in [-0.25, -0.2) is 0 Å². The molecule has 0 N–H and O–H groups in total. The Balaban J connectivity index is 0.968. The van der Waals surface area contributed by atoms with Gasteiger partial charge in [0.25, 0.3) is 0 Å². The van der Waals surface area contributed by atoms with Gasteiger partial charge in [0.2, 0.25) is 0 Å². The van der Waals surface area contributed by atoms with Gasteiger partial charge in [-0.2, -0.15) is 0 Å². The second kappa shape index (κ2) is 11.9. The van der Waals surface area contributed by atoms with Gasteiger partial charge in [0.05, 0.1) is 42.4 Å². The molecule has 0 amide bonds. The maximum atomic E-state index is 2.34. The molecular weight excluding hydrogens is 677 g/mol. The van der Waals surface area contributed by atoms with E-state index in [1.165, 1.54) is 52.2 Å². The summed E-state index contributed by atoms with van der Waals surface area (Å²) in [4.78, 5) is 2.91. The molecule has 6 aliphatic heterocycles. The molecule has 6 heterocycles. The highest BCUT2D eigenvalue weighted by atomic mass is 32.3. The van der Waals surface area contributed by atoms with Gasteiger partial charge in [-0.3, -0.25) is 0 Å². The lowest BCUT2D eigenvalue weighted by Crippen LogP contribution is -1.73. The number of hydrogen-bond acceptors (Lipinski definition) is 14. The first kappa shape index (κ1) is 26.1. The smallest absolute Gasteiger partial charge is 0.0718 e. The zero-order valence-corrected chi connectivity index (χ0v) is 28.2. The molecule has 6 rings (SSSR count). The number of hydrogen-bond donors (Lipinski definition) is 0. The highest BCUT2D eigenvalue weighted by molar-refractivity contribution is 8.50. The molecule has 0 spiro atoms. The Bertz CT molecular complexity index is 1110. The zero-order valence-electron chi connectivity index (χ0n) is 16.7. The van der Waals surface area contributed by atoms with Crippen LogP contribution < -0.4 is 0 Å². The third kappa shape index (κ3) is 6.19. The van der Waals surface area contributed by atoms with Gasteiger partial charge < -0.3 is 0 Å². The molecule has 6 aliphatic rings. The first-order valence-electron chi connectivity index (χ1n) is 9.17. The third-order valence-electron chi connectivity index (χ3n) is 4.11. The summed E-state index contributed by atoms with van der Waals surface area (Å²) >= 11 is 27.1. The summed E-state index contributed by atoms with van der Waals surface area (Å²) < 4.78 is 14.6. The van der Waals surface area contributed by atoms with E-state index in [0.29, 0.717) is 0 Å². The monoisotopic (exact) mass is 688 g/mol. The molecule has 0 saturated carbocycles. The summed E-state index contributed by atoms with van der Waals surface area (Å²) in [6.07, 6.45) is 0. The summed E-state index contributed by atoms with van der Waals surface area (Å²) in [7, 11) is 0. The van der Waals surface area contributed by atoms with Gasteiger partial charge in [0.15, 0.2) is 0 Å². The lowest BCUT2D eigenvalue weighted by Gasteiger charge is -2.07. The topological polar surface area (TPSA) is 0 Å². The number of rotatable bonds is 4. The highest BCUT2D eigenvalue weighted by Crippen LogP contribution is 2.71. The summed E-state index contributed by atoms with van der Waals surface area (Å²) in [6, 6.07) is 0. The lowest BCUT2D eigenvalue weighted by molar-refractivity contribution is 1.57. The van der Waals surface area contributed by atoms with Crippen molar-refractivity contribution in [3.05, 3.63) is 73.8 Å². The van der Waals surface area contributed by atoms with Gasteiger partial charge in [-0.15, -0.1) is 23.5 Å². The van der Waals surface area contributed by atoms with Crippen molar-refractivity contribution in [2.24, 2.45) is 0 Å². The molecule has 0 unspecified atom stereocenters. The van der Waals surface area contributed by atoms with E-state index in [2.05, 4.69) is 35.5 Å². The molecular formula is C19H12S14. The van der Waals surface area contributed by atoms with Crippen LogP contribution in [-0.4, -0.2) is 5.08 Å². The van der Waals surface area contributed by atoms with Crippen molar-refractivity contribution in [1.82, 2.24) is 0 Å². The van der Waals surface area contributed by atoms with Crippen LogP contribution in [0.3, 0.4) is 0 Å². The Morgan fingerprint density at radius 1 is 0.485 bits per heavy atom. The minimum atomic E-state index is 1.07. The van der Waals surface area contributed by atoms with Gasteiger partial charge in [-0.1, -0.05) is 141 Å². The second-order valence-corrected chi connectivity index (χ2v) is 23.5. The van der Waals surface area contributed by atoms with Crippen LogP contribution in [0.5, 0.6) is 0 Å². The molecule has 33 heavy (non-hydrogen) atoms. The van der Waals surface area contributed by atoms with E-state index in [9.17, 15) is 0 Å². The third-order valence-corrected chi connectivity index (χ3v) is 23.7. The van der Waals surface area contributed by atoms with Crippen molar-refractivity contribution >= 4 is 165 Å². The molecule has 0 nitrogen and oxygen atoms in total. The van der Waals surface area contributed by atoms with Crippen LogP contribution in [0.4, 0.5) is 0 Å². The van der Waals surface area contributed by atoms with Crippen molar-refractivity contribution in [3.8, 4) is 0 Å². The Morgan fingerprint density at radius 2 is 0.909 bits per heavy atom. The van der Waals surface area contributed by atoms with Gasteiger partial charge in [0, 0.05) is 5.08 Å². The quantitative estimate of drug-likeness (QED) is 0.257. The molecule has 0 radical (unpaired) electrons. The maximum absolute atomic E-state index is 2.34. The molecule has 0 aromatic heterocycles. The average molecular weight is 689 g/mol. The van der Waals surface area contributed by atoms with Crippen molar-refractivity contribution in [2.75, 3.05) is 5.08 Å². The number of thioether (sulfide) groups is 14. The van der Waals surface area contributed by atoms with Crippen molar-refractivity contribution in [3.63, 3.8) is 0 Å². The molecule has 0 saturated heterocycles. The molecule has 14 heteroatoms. The minimum Gasteiger partial charge on any atom is -0.107 e. The standard InChI is InChI=1S/C19H12S14/c1-8-9(2)27-16(26-8)17-32-18-19(33-17)31-15(30-18)14-23-6-11(29-14)25-7-24-10-5-22-13(28-10)12-20-3-4-21-12/h3-6H,7H2,1-2H3. The molecule has 0 atom stereocenters. The molecule has 0 bridgehead atoms. The fourth-order valence-electron chi connectivity index (χ4n) is 2.52. The van der Waals surface area contributed by atoms with E-state index in [1.54, 1.807) is 0 Å². The van der Waals surface area contributed by atoms with Crippen LogP contribution >= 0.6 is 165 Å². The van der Waals surface area contributed by atoms with Crippen LogP contribution in [0.1, 0.15) is 13.8 Å². The van der Waals surface area contributed by atoms with E-state index in [-0.39, 0.29) is 0 Å². The lowest BCUT2D eigenvalue weighted by atomic mass is 10.6. The van der Waals surface area contributed by atoms with E-state index in [1.807, 2.05) is 165 Å². The Kier molecular flexibility index (Phi) is 9.41. The summed E-state index contributed by atoms with van der Waals surface area (Å²) in [6.45, 7) is 4.47. The highest BCUT2D eigenvalue weighted by Gasteiger charge is 2.35. The van der Waals surface area contributed by atoms with E-state index in [0.717, 1.165) is 5.08 Å². The second-order valence-electron chi connectivity index (χ2n) is 6.25. The molecule has 0 fully saturated rings. The van der Waals surface area contributed by atoms with E-state index < -0.39 is 0 Å². The van der Waals surface area contributed by atoms with Gasteiger partial charge >= 0.3 is 0 Å². The maximum Gasteiger partial charge on any atom is 0.0718 e. The Hall–Kier alpha value is 2.82. The van der Waals surface area contributed by atoms with Crippen LogP contribution in [-0.2, 0) is 0 Å². The minimum absolute atomic E-state index is 1.07. The normalized spacial score (nSPS) is 25.0. The van der Waals surface area contributed by atoms with Crippen LogP contribution in [0.2, 0.25) is 0 Å². The fourth-order valence-corrected chi connectivity index (χ4v) is 22.1. The van der Waals surface area contributed by atoms with Crippen molar-refractivity contribution < 1.29 is 0 Å². The van der Waals surface area contributed by atoms with Crippen LogP contribution in [0, 0.1) is 0 Å². The largest absolute Gasteiger partial charge is 0.107 e. The molecule has 0 aliphatic carbocycles. The summed E-state index contributed by atoms with van der Waals surface area (Å²) in [5.74, 6) is 0. The summed E-state index contributed by atoms with van der Waals surface area (Å²) in [5, 5.41) is 10.1. The predicted octanol–water partition coefficient (Wildman–Crippen LogP) is 13.1. The van der Waals surface area contributed by atoms with E-state index >= 15 is 0 Å². The SMILES string of the molecule is CC1=C(C)SC(=C2SC3=C(SC(=C4SC=C(SCSC5=CSC(=C6SC=CS6)S5)S4)S3)S2)S1. The predicted molar refractivity (Wildman–Crippen MR) is 183 cm³/mol. The van der Waals surface area contributed by atoms with Crippen LogP contribution in [0.15, 0.2) is 73.8 Å². The Morgan fingerprint density at radius 3 is 1.42 bits per heavy atom. The fraction of sp³-hybridized carbons (Fsp3) is 0.158. The first-order chi connectivity index (χ1) is 16.1. The summed E-state index contributed by atoms with van der Waals surface area (Å²) in [5.41, 5.74) is 0. The van der Waals surface area contributed by atoms with Crippen LogP contribution in [0.25, 0.3) is 0 Å². The average Bonchev–Trinajstić information content (AvgIpc) is 3.60. The zero-order chi connectivity index (χ0) is 22.4. The van der Waals surface area contributed by atoms with Crippen molar-refractivity contribution in [2.45, 2.75) is 13.8 Å². The van der Waals surface area contributed by atoms with Crippen molar-refractivity contribution in [1.29, 1.82) is 0 Å². The first-order valence-corrected chi connectivity index (χ1v) is 21.2. The van der Waals surface area contributed by atoms with E-state index in [4.69, 9.17) is 0 Å². The van der Waals surface area contributed by atoms with Gasteiger partial charge in [-0.05, 0) is 45.3 Å². The molecule has 0 aromatic carbocycles. The van der Waals surface area contributed by atoms with Gasteiger partial charge in [0.1, 0.15) is 0 Å². The number of allylic oxidation sites excluding steroid dienone is 2. The molecule has 172 valence electrons. The molecule has 0 aromatic rings.